The number of likely N-dealkylation sites (N-methyl/N-ethyl adjacent to an activating group) is 1. The number of nitrogens with zero attached hydrogens (tertiary/aromatic N) is 2. The van der Waals surface area contributed by atoms with Crippen molar-refractivity contribution in [2.45, 2.75) is 20.0 Å². The molecule has 0 aliphatic heterocycles. The van der Waals surface area contributed by atoms with Gasteiger partial charge in [0.1, 0.15) is 5.82 Å². The van der Waals surface area contributed by atoms with Crippen LogP contribution in [0, 0.1) is 0 Å². The first-order valence-corrected chi connectivity index (χ1v) is 5.57. The standard InChI is InChI=1S/C12H20N2O2/c1-4-14(7-8-16-3)12-9-11(10(2)15)5-6-13-12/h5-6,9-10,15H,4,7-8H2,1-3H3/t10-/m1/s1. The molecule has 0 aromatic carbocycles. The average molecular weight is 224 g/mol. The molecule has 1 heterocycles. The zero-order chi connectivity index (χ0) is 12.0. The highest BCUT2D eigenvalue weighted by atomic mass is 16.5. The number of methoxy groups -OCH3 is 1. The maximum atomic E-state index is 9.51. The van der Waals surface area contributed by atoms with Gasteiger partial charge in [0.15, 0.2) is 0 Å². The van der Waals surface area contributed by atoms with Crippen molar-refractivity contribution >= 4 is 5.82 Å². The molecule has 1 aromatic rings. The van der Waals surface area contributed by atoms with Gasteiger partial charge in [0.05, 0.1) is 12.7 Å². The van der Waals surface area contributed by atoms with E-state index in [9.17, 15) is 5.11 Å². The molecule has 0 unspecified atom stereocenters. The molecule has 1 atom stereocenters. The Morgan fingerprint density at radius 1 is 1.56 bits per heavy atom. The summed E-state index contributed by atoms with van der Waals surface area (Å²) in [6, 6.07) is 3.75. The van der Waals surface area contributed by atoms with Crippen LogP contribution in [0.25, 0.3) is 0 Å². The lowest BCUT2D eigenvalue weighted by atomic mass is 10.1. The van der Waals surface area contributed by atoms with E-state index < -0.39 is 6.10 Å². The van der Waals surface area contributed by atoms with Crippen LogP contribution < -0.4 is 4.90 Å². The molecule has 0 saturated heterocycles. The molecule has 0 spiro atoms. The van der Waals surface area contributed by atoms with Crippen molar-refractivity contribution in [2.24, 2.45) is 0 Å². The molecule has 0 radical (unpaired) electrons. The zero-order valence-electron chi connectivity index (χ0n) is 10.2. The number of rotatable bonds is 6. The Hall–Kier alpha value is -1.13. The van der Waals surface area contributed by atoms with E-state index in [0.717, 1.165) is 24.5 Å². The van der Waals surface area contributed by atoms with Crippen molar-refractivity contribution in [3.8, 4) is 0 Å². The number of hydrogen-bond donors (Lipinski definition) is 1. The van der Waals surface area contributed by atoms with Crippen molar-refractivity contribution in [2.75, 3.05) is 31.7 Å². The van der Waals surface area contributed by atoms with Crippen molar-refractivity contribution in [3.63, 3.8) is 0 Å². The lowest BCUT2D eigenvalue weighted by molar-refractivity contribution is 0.199. The molecule has 0 saturated carbocycles. The van der Waals surface area contributed by atoms with Crippen LogP contribution in [0.1, 0.15) is 25.5 Å². The van der Waals surface area contributed by atoms with Gasteiger partial charge in [0.25, 0.3) is 0 Å². The van der Waals surface area contributed by atoms with Crippen molar-refractivity contribution < 1.29 is 9.84 Å². The molecule has 4 nitrogen and oxygen atoms in total. The van der Waals surface area contributed by atoms with E-state index in [1.165, 1.54) is 0 Å². The fourth-order valence-corrected chi connectivity index (χ4v) is 1.50. The molecule has 0 fully saturated rings. The summed E-state index contributed by atoms with van der Waals surface area (Å²) in [5.41, 5.74) is 0.890. The van der Waals surface area contributed by atoms with Crippen LogP contribution in [0.5, 0.6) is 0 Å². The highest BCUT2D eigenvalue weighted by Crippen LogP contribution is 2.17. The van der Waals surface area contributed by atoms with Crippen LogP contribution in [0.15, 0.2) is 18.3 Å². The summed E-state index contributed by atoms with van der Waals surface area (Å²) < 4.78 is 5.05. The predicted molar refractivity (Wildman–Crippen MR) is 64.6 cm³/mol. The van der Waals surface area contributed by atoms with Gasteiger partial charge in [0, 0.05) is 26.4 Å². The first kappa shape index (κ1) is 12.9. The third-order valence-electron chi connectivity index (χ3n) is 2.52. The predicted octanol–water partition coefficient (Wildman–Crippen LogP) is 1.61. The monoisotopic (exact) mass is 224 g/mol. The first-order valence-electron chi connectivity index (χ1n) is 5.57. The van der Waals surface area contributed by atoms with Gasteiger partial charge >= 0.3 is 0 Å². The Kier molecular flexibility index (Phi) is 5.22. The first-order chi connectivity index (χ1) is 7.69. The number of hydrogen-bond acceptors (Lipinski definition) is 4. The molecule has 90 valence electrons. The largest absolute Gasteiger partial charge is 0.389 e. The highest BCUT2D eigenvalue weighted by molar-refractivity contribution is 5.41. The smallest absolute Gasteiger partial charge is 0.128 e. The lowest BCUT2D eigenvalue weighted by Gasteiger charge is -2.22. The van der Waals surface area contributed by atoms with E-state index in [4.69, 9.17) is 4.74 Å². The Morgan fingerprint density at radius 3 is 2.88 bits per heavy atom. The molecule has 1 rings (SSSR count). The Labute approximate surface area is 96.9 Å². The highest BCUT2D eigenvalue weighted by Gasteiger charge is 2.08. The van der Waals surface area contributed by atoms with Gasteiger partial charge in [0.2, 0.25) is 0 Å². The van der Waals surface area contributed by atoms with E-state index in [-0.39, 0.29) is 0 Å². The van der Waals surface area contributed by atoms with Crippen LogP contribution >= 0.6 is 0 Å². The lowest BCUT2D eigenvalue weighted by Crippen LogP contribution is -2.27. The van der Waals surface area contributed by atoms with Gasteiger partial charge in [-0.1, -0.05) is 0 Å². The van der Waals surface area contributed by atoms with Gasteiger partial charge in [-0.3, -0.25) is 0 Å². The minimum atomic E-state index is -0.456. The Morgan fingerprint density at radius 2 is 2.31 bits per heavy atom. The normalized spacial score (nSPS) is 12.5. The summed E-state index contributed by atoms with van der Waals surface area (Å²) in [4.78, 5) is 6.43. The SMILES string of the molecule is CCN(CCOC)c1cc([C@@H](C)O)ccn1. The molecule has 0 bridgehead atoms. The van der Waals surface area contributed by atoms with E-state index >= 15 is 0 Å². The Bertz CT molecular complexity index is 316. The summed E-state index contributed by atoms with van der Waals surface area (Å²) in [6.07, 6.45) is 1.27. The molecule has 1 N–H and O–H groups in total. The van der Waals surface area contributed by atoms with Crippen LogP contribution in [0.4, 0.5) is 5.82 Å². The molecular formula is C12H20N2O2. The quantitative estimate of drug-likeness (QED) is 0.797. The third kappa shape index (κ3) is 3.47. The van der Waals surface area contributed by atoms with Crippen LogP contribution in [0.3, 0.4) is 0 Å². The summed E-state index contributed by atoms with van der Waals surface area (Å²) in [5, 5.41) is 9.51. The molecule has 16 heavy (non-hydrogen) atoms. The average Bonchev–Trinajstić information content (AvgIpc) is 2.30. The fraction of sp³-hybridized carbons (Fsp3) is 0.583. The summed E-state index contributed by atoms with van der Waals surface area (Å²) in [5.74, 6) is 0.887. The topological polar surface area (TPSA) is 45.6 Å². The Balaban J connectivity index is 2.79. The van der Waals surface area contributed by atoms with Gasteiger partial charge < -0.3 is 14.7 Å². The van der Waals surface area contributed by atoms with Crippen molar-refractivity contribution in [1.29, 1.82) is 0 Å². The zero-order valence-corrected chi connectivity index (χ0v) is 10.2. The van der Waals surface area contributed by atoms with Crippen molar-refractivity contribution in [1.82, 2.24) is 4.98 Å². The second kappa shape index (κ2) is 6.45. The van der Waals surface area contributed by atoms with Gasteiger partial charge in [-0.15, -0.1) is 0 Å². The van der Waals surface area contributed by atoms with Gasteiger partial charge in [-0.05, 0) is 31.5 Å². The molecule has 0 amide bonds. The van der Waals surface area contributed by atoms with Crippen molar-refractivity contribution in [3.05, 3.63) is 23.9 Å². The second-order valence-corrected chi connectivity index (χ2v) is 3.70. The van der Waals surface area contributed by atoms with Crippen LogP contribution in [-0.2, 0) is 4.74 Å². The molecule has 4 heteroatoms. The fourth-order valence-electron chi connectivity index (χ4n) is 1.50. The van der Waals surface area contributed by atoms with E-state index in [1.54, 1.807) is 20.2 Å². The molecular weight excluding hydrogens is 204 g/mol. The summed E-state index contributed by atoms with van der Waals surface area (Å²) in [7, 11) is 1.69. The minimum absolute atomic E-state index is 0.456. The number of aliphatic hydroxyl groups excluding tert-OH is 1. The summed E-state index contributed by atoms with van der Waals surface area (Å²) >= 11 is 0. The minimum Gasteiger partial charge on any atom is -0.389 e. The van der Waals surface area contributed by atoms with E-state index in [2.05, 4.69) is 16.8 Å². The van der Waals surface area contributed by atoms with Gasteiger partial charge in [-0.2, -0.15) is 0 Å². The van der Waals surface area contributed by atoms with Gasteiger partial charge in [-0.25, -0.2) is 4.98 Å². The maximum Gasteiger partial charge on any atom is 0.128 e. The van der Waals surface area contributed by atoms with Crippen LogP contribution in [-0.4, -0.2) is 36.9 Å². The second-order valence-electron chi connectivity index (χ2n) is 3.70. The number of aromatic nitrogens is 1. The molecule has 1 aromatic heterocycles. The van der Waals surface area contributed by atoms with E-state index in [0.29, 0.717) is 6.61 Å². The number of pyridine rings is 1. The molecule has 0 aliphatic carbocycles. The van der Waals surface area contributed by atoms with E-state index in [1.807, 2.05) is 12.1 Å². The number of aliphatic hydroxyl groups is 1. The summed E-state index contributed by atoms with van der Waals surface area (Å²) in [6.45, 7) is 6.19. The number of ether oxygens (including phenoxy) is 1. The maximum absolute atomic E-state index is 9.51. The molecule has 0 aliphatic rings. The van der Waals surface area contributed by atoms with Crippen LogP contribution in [0.2, 0.25) is 0 Å². The third-order valence-corrected chi connectivity index (χ3v) is 2.52. The number of anilines is 1.